The Labute approximate surface area is 79.6 Å². The van der Waals surface area contributed by atoms with Crippen LogP contribution in [0.3, 0.4) is 0 Å². The first-order chi connectivity index (χ1) is 5.16. The van der Waals surface area contributed by atoms with Gasteiger partial charge in [0, 0.05) is 22.6 Å². The molecule has 0 aromatic heterocycles. The van der Waals surface area contributed by atoms with Gasteiger partial charge in [-0.05, 0) is 17.8 Å². The normalized spacial score (nSPS) is 8.36. The highest BCUT2D eigenvalue weighted by atomic mass is 127. The molecule has 0 spiro atoms. The van der Waals surface area contributed by atoms with Crippen LogP contribution in [0.1, 0.15) is 13.8 Å². The minimum atomic E-state index is -0.667. The van der Waals surface area contributed by atoms with Crippen LogP contribution in [0, 0.1) is 9.85 Å². The zero-order valence-electron chi connectivity index (χ0n) is 6.39. The Hall–Kier alpha value is -0.440. The molecule has 0 unspecified atom stereocenters. The van der Waals surface area contributed by atoms with E-state index in [9.17, 15) is 4.79 Å². The first-order valence-electron chi connectivity index (χ1n) is 3.08. The van der Waals surface area contributed by atoms with E-state index in [1.807, 2.05) is 22.6 Å². The van der Waals surface area contributed by atoms with Crippen molar-refractivity contribution in [3.63, 3.8) is 0 Å². The molecule has 0 aromatic carbocycles. The Morgan fingerprint density at radius 3 is 2.73 bits per heavy atom. The molecule has 0 N–H and O–H groups in total. The van der Waals surface area contributed by atoms with Gasteiger partial charge < -0.3 is 9.47 Å². The third-order valence-electron chi connectivity index (χ3n) is 0.661. The summed E-state index contributed by atoms with van der Waals surface area (Å²) in [7, 11) is 0. The van der Waals surface area contributed by atoms with E-state index in [2.05, 4.69) is 19.3 Å². The molecular formula is C7H9IO3. The fourth-order valence-electron chi connectivity index (χ4n) is 0.349. The molecule has 0 rings (SSSR count). The smallest absolute Gasteiger partial charge is 0.432 e. The Morgan fingerprint density at radius 1 is 1.64 bits per heavy atom. The average molecular weight is 268 g/mol. The summed E-state index contributed by atoms with van der Waals surface area (Å²) >= 11 is 1.87. The lowest BCUT2D eigenvalue weighted by Gasteiger charge is -2.05. The van der Waals surface area contributed by atoms with Crippen LogP contribution in [0.4, 0.5) is 4.79 Å². The molecule has 0 amide bonds. The van der Waals surface area contributed by atoms with Crippen molar-refractivity contribution in [2.24, 2.45) is 0 Å². The van der Waals surface area contributed by atoms with Gasteiger partial charge in [0.05, 0.1) is 6.10 Å². The molecule has 0 bridgehead atoms. The topological polar surface area (TPSA) is 35.5 Å². The van der Waals surface area contributed by atoms with Crippen molar-refractivity contribution in [2.45, 2.75) is 20.0 Å². The van der Waals surface area contributed by atoms with E-state index in [1.165, 1.54) is 0 Å². The van der Waals surface area contributed by atoms with E-state index in [4.69, 9.17) is 0 Å². The Bertz CT molecular complexity index is 178. The molecule has 62 valence electrons. The first kappa shape index (κ1) is 10.6. The SMILES string of the molecule is CC(C)OC(=O)OCC#CI. The van der Waals surface area contributed by atoms with Crippen molar-refractivity contribution in [3.8, 4) is 9.85 Å². The molecule has 0 aliphatic rings. The molecular weight excluding hydrogens is 259 g/mol. The molecule has 0 radical (unpaired) electrons. The number of ether oxygens (including phenoxy) is 2. The predicted molar refractivity (Wildman–Crippen MR) is 49.4 cm³/mol. The summed E-state index contributed by atoms with van der Waals surface area (Å²) in [6.45, 7) is 3.60. The van der Waals surface area contributed by atoms with E-state index >= 15 is 0 Å². The number of carbonyl (C=O) groups excluding carboxylic acids is 1. The molecule has 0 heterocycles. The number of hydrogen-bond donors (Lipinski definition) is 0. The number of carbonyl (C=O) groups is 1. The van der Waals surface area contributed by atoms with E-state index < -0.39 is 6.16 Å². The van der Waals surface area contributed by atoms with Crippen molar-refractivity contribution >= 4 is 28.7 Å². The summed E-state index contributed by atoms with van der Waals surface area (Å²) in [6, 6.07) is 0. The number of hydrogen-bond acceptors (Lipinski definition) is 3. The van der Waals surface area contributed by atoms with E-state index in [0.29, 0.717) is 0 Å². The molecule has 11 heavy (non-hydrogen) atoms. The van der Waals surface area contributed by atoms with Crippen LogP contribution in [0.25, 0.3) is 0 Å². The first-order valence-corrected chi connectivity index (χ1v) is 4.16. The molecule has 0 atom stereocenters. The van der Waals surface area contributed by atoms with Crippen LogP contribution in [0.15, 0.2) is 0 Å². The molecule has 0 aromatic rings. The molecule has 3 nitrogen and oxygen atoms in total. The van der Waals surface area contributed by atoms with Crippen LogP contribution < -0.4 is 0 Å². The van der Waals surface area contributed by atoms with Gasteiger partial charge in [-0.15, -0.1) is 0 Å². The number of rotatable bonds is 2. The van der Waals surface area contributed by atoms with Gasteiger partial charge in [-0.25, -0.2) is 4.79 Å². The highest BCUT2D eigenvalue weighted by Crippen LogP contribution is 1.91. The van der Waals surface area contributed by atoms with Crippen molar-refractivity contribution in [1.82, 2.24) is 0 Å². The molecule has 0 aliphatic carbocycles. The second-order valence-electron chi connectivity index (χ2n) is 1.98. The van der Waals surface area contributed by atoms with Crippen LogP contribution in [0.5, 0.6) is 0 Å². The van der Waals surface area contributed by atoms with E-state index in [1.54, 1.807) is 13.8 Å². The van der Waals surface area contributed by atoms with Crippen LogP contribution in [-0.2, 0) is 9.47 Å². The summed E-state index contributed by atoms with van der Waals surface area (Å²) in [5, 5.41) is 0. The fraction of sp³-hybridized carbons (Fsp3) is 0.571. The maximum atomic E-state index is 10.6. The van der Waals surface area contributed by atoms with Gasteiger partial charge >= 0.3 is 6.16 Å². The summed E-state index contributed by atoms with van der Waals surface area (Å²) in [5.74, 6) is 2.57. The lowest BCUT2D eigenvalue weighted by Crippen LogP contribution is -2.12. The van der Waals surface area contributed by atoms with Gasteiger partial charge in [-0.2, -0.15) is 0 Å². The molecule has 0 saturated carbocycles. The van der Waals surface area contributed by atoms with Crippen molar-refractivity contribution in [1.29, 1.82) is 0 Å². The maximum absolute atomic E-state index is 10.6. The van der Waals surface area contributed by atoms with E-state index in [0.717, 1.165) is 0 Å². The standard InChI is InChI=1S/C7H9IO3/c1-6(2)11-7(9)10-5-3-4-8/h6H,5H2,1-2H3. The summed E-state index contributed by atoms with van der Waals surface area (Å²) in [6.07, 6.45) is -0.811. The van der Waals surface area contributed by atoms with E-state index in [-0.39, 0.29) is 12.7 Å². The zero-order valence-corrected chi connectivity index (χ0v) is 8.54. The molecule has 4 heteroatoms. The Morgan fingerprint density at radius 2 is 2.27 bits per heavy atom. The summed E-state index contributed by atoms with van der Waals surface area (Å²) in [5.41, 5.74) is 0. The maximum Gasteiger partial charge on any atom is 0.509 e. The highest BCUT2D eigenvalue weighted by Gasteiger charge is 2.03. The third-order valence-corrected chi connectivity index (χ3v) is 1.04. The van der Waals surface area contributed by atoms with Crippen LogP contribution in [-0.4, -0.2) is 18.9 Å². The minimum absolute atomic E-state index is 0.0918. The van der Waals surface area contributed by atoms with Crippen molar-refractivity contribution < 1.29 is 14.3 Å². The van der Waals surface area contributed by atoms with Crippen LogP contribution in [0.2, 0.25) is 0 Å². The average Bonchev–Trinajstić information content (AvgIpc) is 1.86. The summed E-state index contributed by atoms with van der Waals surface area (Å²) < 4.78 is 11.8. The molecule has 0 fully saturated rings. The lowest BCUT2D eigenvalue weighted by molar-refractivity contribution is 0.0425. The monoisotopic (exact) mass is 268 g/mol. The molecule has 0 saturated heterocycles. The number of halogens is 1. The second kappa shape index (κ2) is 6.28. The van der Waals surface area contributed by atoms with Crippen LogP contribution >= 0.6 is 22.6 Å². The van der Waals surface area contributed by atoms with Gasteiger partial charge in [0.2, 0.25) is 0 Å². The van der Waals surface area contributed by atoms with Gasteiger partial charge in [0.15, 0.2) is 6.61 Å². The third kappa shape index (κ3) is 7.46. The van der Waals surface area contributed by atoms with Crippen molar-refractivity contribution in [2.75, 3.05) is 6.61 Å². The lowest BCUT2D eigenvalue weighted by atomic mass is 10.5. The molecule has 0 aliphatic heterocycles. The highest BCUT2D eigenvalue weighted by molar-refractivity contribution is 14.1. The summed E-state index contributed by atoms with van der Waals surface area (Å²) in [4.78, 5) is 10.6. The fourth-order valence-corrected chi connectivity index (χ4v) is 0.504. The minimum Gasteiger partial charge on any atom is -0.432 e. The van der Waals surface area contributed by atoms with Gasteiger partial charge in [-0.1, -0.05) is 5.92 Å². The Balaban J connectivity index is 3.43. The van der Waals surface area contributed by atoms with Gasteiger partial charge in [0.1, 0.15) is 0 Å². The quantitative estimate of drug-likeness (QED) is 0.436. The predicted octanol–water partition coefficient (Wildman–Crippen LogP) is 1.94. The van der Waals surface area contributed by atoms with Crippen molar-refractivity contribution in [3.05, 3.63) is 0 Å². The largest absolute Gasteiger partial charge is 0.509 e. The van der Waals surface area contributed by atoms with Gasteiger partial charge in [0.25, 0.3) is 0 Å². The van der Waals surface area contributed by atoms with Gasteiger partial charge in [-0.3, -0.25) is 0 Å². The second-order valence-corrected chi connectivity index (χ2v) is 2.52. The zero-order chi connectivity index (χ0) is 8.69. The Kier molecular flexibility index (Phi) is 6.03.